The van der Waals surface area contributed by atoms with Gasteiger partial charge in [-0.2, -0.15) is 18.3 Å². The van der Waals surface area contributed by atoms with Crippen LogP contribution in [0.5, 0.6) is 0 Å². The zero-order chi connectivity index (χ0) is 46.5. The van der Waals surface area contributed by atoms with E-state index in [0.29, 0.717) is 55.8 Å². The van der Waals surface area contributed by atoms with E-state index in [1.54, 1.807) is 42.7 Å². The number of carbonyl (C=O) groups excluding carboxylic acids is 5. The van der Waals surface area contributed by atoms with Crippen LogP contribution in [0.2, 0.25) is 0 Å². The lowest BCUT2D eigenvalue weighted by molar-refractivity contribution is -0.138. The van der Waals surface area contributed by atoms with Crippen molar-refractivity contribution in [2.45, 2.75) is 76.9 Å². The zero-order valence-corrected chi connectivity index (χ0v) is 36.1. The molecule has 2 atom stereocenters. The molecule has 18 heteroatoms. The smallest absolute Gasteiger partial charge is 0.374 e. The lowest BCUT2D eigenvalue weighted by Gasteiger charge is -2.35. The molecule has 0 spiro atoms. The lowest BCUT2D eigenvalue weighted by atomic mass is 10.0. The molecule has 2 aromatic heterocycles. The van der Waals surface area contributed by atoms with Crippen molar-refractivity contribution >= 4 is 51.9 Å². The number of hydrogen-bond donors (Lipinski definition) is 5. The van der Waals surface area contributed by atoms with Crippen molar-refractivity contribution in [1.29, 1.82) is 0 Å². The first-order valence-electron chi connectivity index (χ1n) is 21.9. The van der Waals surface area contributed by atoms with Crippen LogP contribution >= 0.6 is 0 Å². The number of alkyl halides is 3. The minimum absolute atomic E-state index is 0.0168. The van der Waals surface area contributed by atoms with E-state index < -0.39 is 53.5 Å². The maximum atomic E-state index is 14.4. The number of anilines is 2. The number of aliphatic hydroxyl groups is 1. The standard InChI is InChI=1S/C48H48F3N9O6/c1-29-10-12-32(24-31(29)13-11-30-23-34-27-53-57-43(34)52-26-30)44(63)54-35-15-14-33(37(25-35)48(49,50)51)28-59-21-19-58(20-22-59)18-5-3-2-4-9-40(61)55-38-8-6-7-36-42(38)47(66)60(46(36)65)39-16-17-41(62)56-45(39)64/h6-8,10,12,14-15,23-27,39-40,55,61H,2-5,9,16-22,28H2,1H3,(H,54,63)(H,52,53,57)(H,56,62,64). The molecule has 3 aromatic carbocycles. The lowest BCUT2D eigenvalue weighted by Crippen LogP contribution is -2.54. The average Bonchev–Trinajstić information content (AvgIpc) is 3.86. The number of nitrogens with one attached hydrogen (secondary N) is 4. The molecule has 5 N–H and O–H groups in total. The molecular weight excluding hydrogens is 856 g/mol. The fraction of sp³-hybridized carbons (Fsp3) is 0.354. The molecule has 5 aromatic rings. The summed E-state index contributed by atoms with van der Waals surface area (Å²) in [5, 5.41) is 26.1. The van der Waals surface area contributed by atoms with Crippen molar-refractivity contribution in [3.63, 3.8) is 0 Å². The molecular formula is C48H48F3N9O6. The van der Waals surface area contributed by atoms with E-state index in [1.807, 2.05) is 17.9 Å². The third-order valence-electron chi connectivity index (χ3n) is 12.2. The number of imide groups is 2. The predicted molar refractivity (Wildman–Crippen MR) is 238 cm³/mol. The summed E-state index contributed by atoms with van der Waals surface area (Å²) < 4.78 is 43.2. The number of H-pyrrole nitrogens is 1. The van der Waals surface area contributed by atoms with E-state index in [9.17, 15) is 42.3 Å². The predicted octanol–water partition coefficient (Wildman–Crippen LogP) is 5.84. The molecule has 0 aliphatic carbocycles. The number of piperazine rings is 1. The summed E-state index contributed by atoms with van der Waals surface area (Å²) in [7, 11) is 0. The van der Waals surface area contributed by atoms with E-state index in [-0.39, 0.29) is 53.0 Å². The summed E-state index contributed by atoms with van der Waals surface area (Å²) in [6, 6.07) is 14.3. The molecule has 15 nitrogen and oxygen atoms in total. The molecule has 2 unspecified atom stereocenters. The van der Waals surface area contributed by atoms with Gasteiger partial charge < -0.3 is 20.6 Å². The molecule has 0 bridgehead atoms. The fourth-order valence-corrected chi connectivity index (χ4v) is 8.53. The number of hydrogen-bond acceptors (Lipinski definition) is 11. The second-order valence-electron chi connectivity index (χ2n) is 16.8. The quantitative estimate of drug-likeness (QED) is 0.0390. The van der Waals surface area contributed by atoms with Gasteiger partial charge in [0.15, 0.2) is 5.65 Å². The highest BCUT2D eigenvalue weighted by Crippen LogP contribution is 2.36. The van der Waals surface area contributed by atoms with Gasteiger partial charge in [0.2, 0.25) is 11.8 Å². The summed E-state index contributed by atoms with van der Waals surface area (Å²) in [6.07, 6.45) is 1.45. The van der Waals surface area contributed by atoms with Crippen molar-refractivity contribution in [2.75, 3.05) is 43.4 Å². The number of aromatic amines is 1. The van der Waals surface area contributed by atoms with Gasteiger partial charge in [-0.05, 0) is 92.7 Å². The molecule has 0 radical (unpaired) electrons. The molecule has 0 saturated carbocycles. The van der Waals surface area contributed by atoms with Crippen LogP contribution in [0, 0.1) is 18.8 Å². The van der Waals surface area contributed by atoms with E-state index in [2.05, 4.69) is 47.9 Å². The van der Waals surface area contributed by atoms with E-state index in [0.717, 1.165) is 47.7 Å². The molecule has 342 valence electrons. The van der Waals surface area contributed by atoms with Crippen molar-refractivity contribution in [1.82, 2.24) is 35.2 Å². The Bertz CT molecular complexity index is 2760. The zero-order valence-electron chi connectivity index (χ0n) is 36.1. The maximum absolute atomic E-state index is 14.4. The Morgan fingerprint density at radius 2 is 1.71 bits per heavy atom. The fourth-order valence-electron chi connectivity index (χ4n) is 8.53. The molecule has 5 heterocycles. The number of fused-ring (bicyclic) bond motifs is 2. The van der Waals surface area contributed by atoms with Crippen molar-refractivity contribution in [3.8, 4) is 11.8 Å². The summed E-state index contributed by atoms with van der Waals surface area (Å²) in [5.74, 6) is 3.15. The van der Waals surface area contributed by atoms with Crippen LogP contribution < -0.4 is 16.0 Å². The largest absolute Gasteiger partial charge is 0.416 e. The van der Waals surface area contributed by atoms with Gasteiger partial charge in [-0.15, -0.1) is 0 Å². The summed E-state index contributed by atoms with van der Waals surface area (Å²) in [5.41, 5.74) is 2.86. The van der Waals surface area contributed by atoms with Gasteiger partial charge in [-0.1, -0.05) is 42.9 Å². The molecule has 2 fully saturated rings. The highest BCUT2D eigenvalue weighted by molar-refractivity contribution is 6.25. The van der Waals surface area contributed by atoms with Gasteiger partial charge in [0.1, 0.15) is 12.3 Å². The number of aryl methyl sites for hydroxylation is 1. The van der Waals surface area contributed by atoms with Crippen molar-refractivity contribution in [2.24, 2.45) is 0 Å². The summed E-state index contributed by atoms with van der Waals surface area (Å²) in [4.78, 5) is 73.2. The summed E-state index contributed by atoms with van der Waals surface area (Å²) >= 11 is 0. The van der Waals surface area contributed by atoms with Crippen molar-refractivity contribution in [3.05, 3.63) is 118 Å². The number of aliphatic hydroxyl groups excluding tert-OH is 1. The Balaban J connectivity index is 0.766. The first-order chi connectivity index (χ1) is 31.7. The Labute approximate surface area is 378 Å². The Morgan fingerprint density at radius 3 is 2.50 bits per heavy atom. The molecule has 66 heavy (non-hydrogen) atoms. The number of pyridine rings is 1. The molecule has 8 rings (SSSR count). The Kier molecular flexibility index (Phi) is 13.6. The normalized spacial score (nSPS) is 17.3. The van der Waals surface area contributed by atoms with Crippen LogP contribution in [0.4, 0.5) is 24.5 Å². The van der Waals surface area contributed by atoms with Gasteiger partial charge in [0.25, 0.3) is 17.7 Å². The third-order valence-corrected chi connectivity index (χ3v) is 12.2. The first kappa shape index (κ1) is 45.6. The second-order valence-corrected chi connectivity index (χ2v) is 16.8. The number of piperidine rings is 1. The van der Waals surface area contributed by atoms with Gasteiger partial charge in [0.05, 0.1) is 22.9 Å². The van der Waals surface area contributed by atoms with E-state index >= 15 is 0 Å². The first-order valence-corrected chi connectivity index (χ1v) is 21.9. The number of carbonyl (C=O) groups is 5. The minimum atomic E-state index is -4.63. The van der Waals surface area contributed by atoms with Crippen LogP contribution in [0.15, 0.2) is 73.1 Å². The van der Waals surface area contributed by atoms with E-state index in [1.165, 1.54) is 18.2 Å². The van der Waals surface area contributed by atoms with Crippen molar-refractivity contribution < 1.29 is 42.3 Å². The minimum Gasteiger partial charge on any atom is -0.374 e. The van der Waals surface area contributed by atoms with E-state index in [4.69, 9.17) is 0 Å². The van der Waals surface area contributed by atoms with Crippen LogP contribution in [0.25, 0.3) is 11.0 Å². The number of aromatic nitrogens is 3. The molecule has 3 aliphatic rings. The van der Waals surface area contributed by atoms with Crippen LogP contribution in [0.3, 0.4) is 0 Å². The van der Waals surface area contributed by atoms with Crippen LogP contribution in [-0.4, -0.2) is 110 Å². The molecule has 5 amide bonds. The van der Waals surface area contributed by atoms with Gasteiger partial charge in [-0.3, -0.25) is 44.2 Å². The second kappa shape index (κ2) is 19.7. The summed E-state index contributed by atoms with van der Waals surface area (Å²) in [6.45, 7) is 5.43. The number of amides is 5. The van der Waals surface area contributed by atoms with Gasteiger partial charge >= 0.3 is 6.18 Å². The Morgan fingerprint density at radius 1 is 0.924 bits per heavy atom. The number of rotatable bonds is 14. The number of halogens is 3. The topological polar surface area (TPSA) is 193 Å². The highest BCUT2D eigenvalue weighted by atomic mass is 19.4. The monoisotopic (exact) mass is 903 g/mol. The average molecular weight is 904 g/mol. The Hall–Kier alpha value is -6.94. The van der Waals surface area contributed by atoms with Gasteiger partial charge in [-0.25, -0.2) is 4.98 Å². The van der Waals surface area contributed by atoms with Crippen LogP contribution in [-0.2, 0) is 22.3 Å². The molecule has 2 saturated heterocycles. The van der Waals surface area contributed by atoms with Gasteiger partial charge in [0, 0.05) is 78.8 Å². The molecule has 3 aliphatic heterocycles. The van der Waals surface area contributed by atoms with Crippen LogP contribution in [0.1, 0.15) is 104 Å². The SMILES string of the molecule is Cc1ccc(C(=O)Nc2ccc(CN3CCN(CCCCCCC(O)Nc4cccc5c4C(=O)N(C4CCC(=O)NC4=O)C5=O)CC3)c(C(F)(F)F)c2)cc1C#Cc1cnc2[nH]ncc2c1. The number of nitrogens with zero attached hydrogens (tertiary/aromatic N) is 5. The highest BCUT2D eigenvalue weighted by Gasteiger charge is 2.45. The third kappa shape index (κ3) is 10.4. The number of benzene rings is 3. The maximum Gasteiger partial charge on any atom is 0.416 e. The number of unbranched alkanes of at least 4 members (excludes halogenated alkanes) is 3.